The molecule has 0 spiro atoms. The van der Waals surface area contributed by atoms with E-state index < -0.39 is 0 Å². The van der Waals surface area contributed by atoms with Gasteiger partial charge in [-0.15, -0.1) is 0 Å². The average molecular weight is 281 g/mol. The molecule has 0 unspecified atom stereocenters. The Morgan fingerprint density at radius 2 is 1.90 bits per heavy atom. The van der Waals surface area contributed by atoms with E-state index in [-0.39, 0.29) is 5.82 Å². The smallest absolute Gasteiger partial charge is 0.125 e. The Hall–Kier alpha value is -2.55. The van der Waals surface area contributed by atoms with Crippen LogP contribution in [0.4, 0.5) is 10.1 Å². The topological polar surface area (TPSA) is 12.5 Å². The predicted molar refractivity (Wildman–Crippen MR) is 83.9 cm³/mol. The van der Waals surface area contributed by atoms with Crippen molar-refractivity contribution < 1.29 is 9.13 Å². The summed E-state index contributed by atoms with van der Waals surface area (Å²) in [7, 11) is 1.65. The van der Waals surface area contributed by atoms with Crippen LogP contribution in [-0.4, -0.2) is 13.7 Å². The summed E-state index contributed by atoms with van der Waals surface area (Å²) >= 11 is 0. The maximum Gasteiger partial charge on any atom is 0.125 e. The first kappa shape index (κ1) is 13.4. The molecule has 0 aliphatic carbocycles. The second-order valence-electron chi connectivity index (χ2n) is 4.85. The number of methoxy groups -OCH3 is 1. The van der Waals surface area contributed by atoms with Crippen LogP contribution in [0.1, 0.15) is 5.56 Å². The number of ether oxygens (including phenoxy) is 1. The first-order chi connectivity index (χ1) is 10.3. The highest BCUT2D eigenvalue weighted by molar-refractivity contribution is 5.78. The second-order valence-corrected chi connectivity index (χ2v) is 4.85. The van der Waals surface area contributed by atoms with Gasteiger partial charge in [0.05, 0.1) is 7.11 Å². The Kier molecular flexibility index (Phi) is 3.73. The Morgan fingerprint density at radius 1 is 1.10 bits per heavy atom. The van der Waals surface area contributed by atoms with Gasteiger partial charge in [-0.05, 0) is 41.5 Å². The van der Waals surface area contributed by atoms with Gasteiger partial charge in [0.15, 0.2) is 0 Å². The van der Waals surface area contributed by atoms with Gasteiger partial charge in [-0.1, -0.05) is 30.4 Å². The molecule has 3 rings (SSSR count). The van der Waals surface area contributed by atoms with Crippen molar-refractivity contribution >= 4 is 11.3 Å². The molecule has 0 aromatic heterocycles. The van der Waals surface area contributed by atoms with Crippen LogP contribution in [0.2, 0.25) is 0 Å². The van der Waals surface area contributed by atoms with Crippen LogP contribution in [0.3, 0.4) is 0 Å². The molecule has 0 fully saturated rings. The molecule has 2 aromatic rings. The van der Waals surface area contributed by atoms with Gasteiger partial charge in [-0.25, -0.2) is 4.39 Å². The zero-order chi connectivity index (χ0) is 14.7. The van der Waals surface area contributed by atoms with Gasteiger partial charge in [0.2, 0.25) is 0 Å². The molecule has 106 valence electrons. The Bertz CT molecular complexity index is 689. The molecule has 1 aliphatic rings. The molecule has 0 bridgehead atoms. The summed E-state index contributed by atoms with van der Waals surface area (Å²) in [5.74, 6) is 0.613. The van der Waals surface area contributed by atoms with Gasteiger partial charge in [0, 0.05) is 18.4 Å². The molecule has 0 N–H and O–H groups in total. The first-order valence-corrected chi connectivity index (χ1v) is 6.81. The Balaban J connectivity index is 1.89. The molecule has 2 nitrogen and oxygen atoms in total. The molecule has 1 aliphatic heterocycles. The summed E-state index contributed by atoms with van der Waals surface area (Å²) in [4.78, 5) is 2.03. The standard InChI is InChI=1S/C18H16FNO/c1-21-18-9-7-14(8-10-18)15-4-3-11-20(13-15)17-6-2-5-16(19)12-17/h2-10,12-13H,11H2,1H3. The van der Waals surface area contributed by atoms with Crippen LogP contribution in [0, 0.1) is 5.82 Å². The van der Waals surface area contributed by atoms with E-state index in [0.717, 1.165) is 29.1 Å². The molecule has 1 heterocycles. The fraction of sp³-hybridized carbons (Fsp3) is 0.111. The van der Waals surface area contributed by atoms with E-state index in [9.17, 15) is 4.39 Å². The molecule has 3 heteroatoms. The molecule has 0 saturated carbocycles. The molecular formula is C18H16FNO. The summed E-state index contributed by atoms with van der Waals surface area (Å²) in [5, 5.41) is 0. The number of hydrogen-bond donors (Lipinski definition) is 0. The van der Waals surface area contributed by atoms with Crippen LogP contribution in [0.5, 0.6) is 5.75 Å². The van der Waals surface area contributed by atoms with Gasteiger partial charge in [-0.2, -0.15) is 0 Å². The lowest BCUT2D eigenvalue weighted by Crippen LogP contribution is -2.18. The van der Waals surface area contributed by atoms with Crippen molar-refractivity contribution in [1.82, 2.24) is 0 Å². The highest BCUT2D eigenvalue weighted by atomic mass is 19.1. The fourth-order valence-electron chi connectivity index (χ4n) is 2.35. The quantitative estimate of drug-likeness (QED) is 0.834. The van der Waals surface area contributed by atoms with E-state index in [2.05, 4.69) is 12.2 Å². The van der Waals surface area contributed by atoms with Crippen LogP contribution in [0.25, 0.3) is 5.57 Å². The molecule has 2 aromatic carbocycles. The van der Waals surface area contributed by atoms with Crippen LogP contribution in [-0.2, 0) is 0 Å². The number of allylic oxidation sites excluding steroid dienone is 2. The summed E-state index contributed by atoms with van der Waals surface area (Å²) in [6.07, 6.45) is 6.19. The van der Waals surface area contributed by atoms with E-state index in [0.29, 0.717) is 0 Å². The van der Waals surface area contributed by atoms with E-state index in [1.165, 1.54) is 6.07 Å². The van der Waals surface area contributed by atoms with Gasteiger partial charge in [0.25, 0.3) is 0 Å². The monoisotopic (exact) mass is 281 g/mol. The Morgan fingerprint density at radius 3 is 2.62 bits per heavy atom. The third-order valence-corrected chi connectivity index (χ3v) is 3.46. The molecular weight excluding hydrogens is 265 g/mol. The molecule has 0 saturated heterocycles. The first-order valence-electron chi connectivity index (χ1n) is 6.81. The van der Waals surface area contributed by atoms with Crippen molar-refractivity contribution in [3.05, 3.63) is 78.3 Å². The zero-order valence-electron chi connectivity index (χ0n) is 11.8. The van der Waals surface area contributed by atoms with Crippen molar-refractivity contribution in [3.63, 3.8) is 0 Å². The number of halogens is 1. The van der Waals surface area contributed by atoms with Crippen molar-refractivity contribution in [2.45, 2.75) is 0 Å². The maximum atomic E-state index is 13.3. The van der Waals surface area contributed by atoms with Crippen LogP contribution < -0.4 is 9.64 Å². The number of benzene rings is 2. The van der Waals surface area contributed by atoms with Gasteiger partial charge >= 0.3 is 0 Å². The normalized spacial score (nSPS) is 14.0. The highest BCUT2D eigenvalue weighted by Crippen LogP contribution is 2.25. The molecule has 0 atom stereocenters. The number of rotatable bonds is 3. The fourth-order valence-corrected chi connectivity index (χ4v) is 2.35. The largest absolute Gasteiger partial charge is 0.497 e. The molecule has 21 heavy (non-hydrogen) atoms. The van der Waals surface area contributed by atoms with E-state index in [1.54, 1.807) is 19.2 Å². The Labute approximate surface area is 123 Å². The third kappa shape index (κ3) is 2.97. The van der Waals surface area contributed by atoms with Gasteiger partial charge in [-0.3, -0.25) is 0 Å². The maximum absolute atomic E-state index is 13.3. The van der Waals surface area contributed by atoms with Crippen LogP contribution in [0.15, 0.2) is 66.9 Å². The summed E-state index contributed by atoms with van der Waals surface area (Å²) < 4.78 is 18.5. The van der Waals surface area contributed by atoms with Crippen molar-refractivity contribution in [3.8, 4) is 5.75 Å². The second kappa shape index (κ2) is 5.83. The van der Waals surface area contributed by atoms with Crippen LogP contribution >= 0.6 is 0 Å². The summed E-state index contributed by atoms with van der Waals surface area (Å²) in [6, 6.07) is 14.5. The predicted octanol–water partition coefficient (Wildman–Crippen LogP) is 4.25. The van der Waals surface area contributed by atoms with Gasteiger partial charge in [0.1, 0.15) is 11.6 Å². The lowest BCUT2D eigenvalue weighted by Gasteiger charge is -2.23. The average Bonchev–Trinajstić information content (AvgIpc) is 2.55. The SMILES string of the molecule is COc1ccc(C2=CN(c3cccc(F)c3)CC=C2)cc1. The highest BCUT2D eigenvalue weighted by Gasteiger charge is 2.09. The number of nitrogens with zero attached hydrogens (tertiary/aromatic N) is 1. The van der Waals surface area contributed by atoms with Crippen molar-refractivity contribution in [1.29, 1.82) is 0 Å². The summed E-state index contributed by atoms with van der Waals surface area (Å²) in [5.41, 5.74) is 3.05. The van der Waals surface area contributed by atoms with E-state index in [4.69, 9.17) is 4.74 Å². The molecule has 0 amide bonds. The zero-order valence-corrected chi connectivity index (χ0v) is 11.8. The van der Waals surface area contributed by atoms with Crippen molar-refractivity contribution in [2.75, 3.05) is 18.6 Å². The third-order valence-electron chi connectivity index (χ3n) is 3.46. The summed E-state index contributed by atoms with van der Waals surface area (Å²) in [6.45, 7) is 0.739. The minimum absolute atomic E-state index is 0.221. The molecule has 0 radical (unpaired) electrons. The van der Waals surface area contributed by atoms with E-state index >= 15 is 0 Å². The number of hydrogen-bond acceptors (Lipinski definition) is 2. The number of anilines is 1. The minimum Gasteiger partial charge on any atom is -0.497 e. The van der Waals surface area contributed by atoms with E-state index in [1.807, 2.05) is 41.4 Å². The minimum atomic E-state index is -0.221. The van der Waals surface area contributed by atoms with Gasteiger partial charge < -0.3 is 9.64 Å². The lowest BCUT2D eigenvalue weighted by molar-refractivity contribution is 0.415. The lowest BCUT2D eigenvalue weighted by atomic mass is 10.0. The van der Waals surface area contributed by atoms with Crippen molar-refractivity contribution in [2.24, 2.45) is 0 Å².